The quantitative estimate of drug-likeness (QED) is 0.719. The SMILES string of the molecule is Cc1ccc(CNC(=O)c2cc3n(n2)CCCN(Cc2cccc(F)c2)C3=O)o1. The summed E-state index contributed by atoms with van der Waals surface area (Å²) in [6.07, 6.45) is 0.697. The summed E-state index contributed by atoms with van der Waals surface area (Å²) in [6.45, 7) is 3.46. The zero-order valence-electron chi connectivity index (χ0n) is 16.0. The number of benzene rings is 1. The van der Waals surface area contributed by atoms with Gasteiger partial charge in [-0.2, -0.15) is 5.10 Å². The first-order chi connectivity index (χ1) is 14.0. The number of nitrogens with zero attached hydrogens (tertiary/aromatic N) is 3. The van der Waals surface area contributed by atoms with E-state index in [2.05, 4.69) is 10.4 Å². The van der Waals surface area contributed by atoms with E-state index in [1.807, 2.05) is 13.0 Å². The Kier molecular flexibility index (Phi) is 5.16. The number of carbonyl (C=O) groups is 2. The molecular formula is C21H21FN4O3. The number of rotatable bonds is 5. The van der Waals surface area contributed by atoms with Gasteiger partial charge in [0.1, 0.15) is 23.0 Å². The molecule has 1 aliphatic rings. The van der Waals surface area contributed by atoms with Gasteiger partial charge in [-0.05, 0) is 43.2 Å². The Bertz CT molecular complexity index is 1060. The highest BCUT2D eigenvalue weighted by atomic mass is 19.1. The van der Waals surface area contributed by atoms with Crippen molar-refractivity contribution in [1.82, 2.24) is 20.0 Å². The van der Waals surface area contributed by atoms with Crippen molar-refractivity contribution in [2.24, 2.45) is 0 Å². The van der Waals surface area contributed by atoms with E-state index in [4.69, 9.17) is 4.42 Å². The first kappa shape index (κ1) is 18.9. The second-order valence-electron chi connectivity index (χ2n) is 7.04. The summed E-state index contributed by atoms with van der Waals surface area (Å²) in [4.78, 5) is 27.1. The topological polar surface area (TPSA) is 80.4 Å². The maximum atomic E-state index is 13.5. The van der Waals surface area contributed by atoms with Crippen molar-refractivity contribution in [3.63, 3.8) is 0 Å². The van der Waals surface area contributed by atoms with E-state index in [1.165, 1.54) is 18.2 Å². The Morgan fingerprint density at radius 1 is 1.24 bits per heavy atom. The van der Waals surface area contributed by atoms with E-state index in [-0.39, 0.29) is 29.9 Å². The van der Waals surface area contributed by atoms with Gasteiger partial charge in [0, 0.05) is 25.7 Å². The molecule has 0 fully saturated rings. The van der Waals surface area contributed by atoms with Crippen LogP contribution in [-0.2, 0) is 19.6 Å². The van der Waals surface area contributed by atoms with Crippen molar-refractivity contribution in [3.8, 4) is 0 Å². The highest BCUT2D eigenvalue weighted by Crippen LogP contribution is 2.17. The summed E-state index contributed by atoms with van der Waals surface area (Å²) >= 11 is 0. The van der Waals surface area contributed by atoms with Crippen LogP contribution in [0.25, 0.3) is 0 Å². The molecule has 29 heavy (non-hydrogen) atoms. The molecule has 0 unspecified atom stereocenters. The standard InChI is InChI=1S/C21H21FN4O3/c1-14-6-7-17(29-14)12-23-20(27)18-11-19-21(28)25(8-3-9-26(19)24-18)13-15-4-2-5-16(22)10-15/h2,4-7,10-11H,3,8-9,12-13H2,1H3,(H,23,27). The van der Waals surface area contributed by atoms with Gasteiger partial charge in [-0.15, -0.1) is 0 Å². The molecule has 1 N–H and O–H groups in total. The minimum absolute atomic E-state index is 0.184. The fourth-order valence-corrected chi connectivity index (χ4v) is 3.39. The lowest BCUT2D eigenvalue weighted by Crippen LogP contribution is -2.30. The summed E-state index contributed by atoms with van der Waals surface area (Å²) < 4.78 is 20.5. The third-order valence-corrected chi connectivity index (χ3v) is 4.80. The summed E-state index contributed by atoms with van der Waals surface area (Å²) in [5, 5.41) is 7.05. The number of hydrogen-bond donors (Lipinski definition) is 1. The zero-order chi connectivity index (χ0) is 20.4. The van der Waals surface area contributed by atoms with Crippen molar-refractivity contribution in [2.45, 2.75) is 33.0 Å². The average molecular weight is 396 g/mol. The smallest absolute Gasteiger partial charge is 0.272 e. The highest BCUT2D eigenvalue weighted by Gasteiger charge is 2.26. The minimum Gasteiger partial charge on any atom is -0.465 e. The number of furan rings is 1. The molecule has 1 aliphatic heterocycles. The average Bonchev–Trinajstić information content (AvgIpc) is 3.28. The molecule has 1 aromatic carbocycles. The largest absolute Gasteiger partial charge is 0.465 e. The molecule has 8 heteroatoms. The Labute approximate surface area is 167 Å². The molecule has 3 aromatic rings. The summed E-state index contributed by atoms with van der Waals surface area (Å²) in [5.74, 6) is 0.491. The number of hydrogen-bond acceptors (Lipinski definition) is 4. The molecule has 7 nitrogen and oxygen atoms in total. The van der Waals surface area contributed by atoms with Crippen LogP contribution in [0.1, 0.15) is 44.5 Å². The molecule has 0 bridgehead atoms. The number of aryl methyl sites for hydroxylation is 2. The van der Waals surface area contributed by atoms with E-state index >= 15 is 0 Å². The number of nitrogens with one attached hydrogen (secondary N) is 1. The molecule has 0 atom stereocenters. The fourth-order valence-electron chi connectivity index (χ4n) is 3.39. The Hall–Kier alpha value is -3.42. The number of amides is 2. The van der Waals surface area contributed by atoms with Gasteiger partial charge in [-0.25, -0.2) is 4.39 Å². The molecule has 0 aliphatic carbocycles. The second-order valence-corrected chi connectivity index (χ2v) is 7.04. The van der Waals surface area contributed by atoms with Crippen molar-refractivity contribution >= 4 is 11.8 Å². The number of fused-ring (bicyclic) bond motifs is 1. The summed E-state index contributed by atoms with van der Waals surface area (Å²) in [6, 6.07) is 11.3. The van der Waals surface area contributed by atoms with Crippen LogP contribution in [0.3, 0.4) is 0 Å². The van der Waals surface area contributed by atoms with Crippen LogP contribution in [-0.4, -0.2) is 33.0 Å². The predicted octanol–water partition coefficient (Wildman–Crippen LogP) is 2.90. The van der Waals surface area contributed by atoms with E-state index in [0.717, 1.165) is 11.3 Å². The molecule has 2 aromatic heterocycles. The van der Waals surface area contributed by atoms with E-state index in [0.29, 0.717) is 37.5 Å². The van der Waals surface area contributed by atoms with Gasteiger partial charge >= 0.3 is 0 Å². The first-order valence-electron chi connectivity index (χ1n) is 9.45. The minimum atomic E-state index is -0.371. The number of carbonyl (C=O) groups excluding carboxylic acids is 2. The first-order valence-corrected chi connectivity index (χ1v) is 9.45. The van der Waals surface area contributed by atoms with Crippen LogP contribution in [0, 0.1) is 12.7 Å². The molecule has 4 rings (SSSR count). The van der Waals surface area contributed by atoms with Crippen molar-refractivity contribution in [2.75, 3.05) is 6.54 Å². The maximum absolute atomic E-state index is 13.5. The van der Waals surface area contributed by atoms with Crippen molar-refractivity contribution in [1.29, 1.82) is 0 Å². The Balaban J connectivity index is 1.47. The fraction of sp³-hybridized carbons (Fsp3) is 0.286. The zero-order valence-corrected chi connectivity index (χ0v) is 16.0. The van der Waals surface area contributed by atoms with Gasteiger partial charge in [0.15, 0.2) is 5.69 Å². The number of halogens is 1. The van der Waals surface area contributed by atoms with Crippen molar-refractivity contribution in [3.05, 3.63) is 76.8 Å². The van der Waals surface area contributed by atoms with E-state index in [9.17, 15) is 14.0 Å². The number of aromatic nitrogens is 2. The maximum Gasteiger partial charge on any atom is 0.272 e. The molecule has 0 saturated carbocycles. The molecule has 0 saturated heterocycles. The van der Waals surface area contributed by atoms with Crippen LogP contribution in [0.4, 0.5) is 4.39 Å². The van der Waals surface area contributed by atoms with Gasteiger partial charge in [0.25, 0.3) is 11.8 Å². The third kappa shape index (κ3) is 4.21. The normalized spacial score (nSPS) is 13.9. The summed E-state index contributed by atoms with van der Waals surface area (Å²) in [5.41, 5.74) is 1.26. The lowest BCUT2D eigenvalue weighted by atomic mass is 10.2. The van der Waals surface area contributed by atoms with Crippen LogP contribution < -0.4 is 5.32 Å². The molecule has 0 radical (unpaired) electrons. The van der Waals surface area contributed by atoms with Crippen LogP contribution in [0.5, 0.6) is 0 Å². The Morgan fingerprint density at radius 3 is 2.86 bits per heavy atom. The van der Waals surface area contributed by atoms with Crippen LogP contribution >= 0.6 is 0 Å². The van der Waals surface area contributed by atoms with Gasteiger partial charge in [0.05, 0.1) is 6.54 Å². The molecule has 150 valence electrons. The lowest BCUT2D eigenvalue weighted by Gasteiger charge is -2.20. The molecule has 2 amide bonds. The van der Waals surface area contributed by atoms with Gasteiger partial charge in [-0.1, -0.05) is 12.1 Å². The second kappa shape index (κ2) is 7.90. The lowest BCUT2D eigenvalue weighted by molar-refractivity contribution is 0.0745. The summed E-state index contributed by atoms with van der Waals surface area (Å²) in [7, 11) is 0. The van der Waals surface area contributed by atoms with Crippen molar-refractivity contribution < 1.29 is 18.4 Å². The van der Waals surface area contributed by atoms with Gasteiger partial charge in [-0.3, -0.25) is 14.3 Å². The molecule has 0 spiro atoms. The molecular weight excluding hydrogens is 375 g/mol. The highest BCUT2D eigenvalue weighted by molar-refractivity contribution is 5.98. The van der Waals surface area contributed by atoms with Crippen LogP contribution in [0.15, 0.2) is 46.9 Å². The monoisotopic (exact) mass is 396 g/mol. The predicted molar refractivity (Wildman–Crippen MR) is 103 cm³/mol. The molecule has 3 heterocycles. The third-order valence-electron chi connectivity index (χ3n) is 4.80. The van der Waals surface area contributed by atoms with E-state index in [1.54, 1.807) is 27.8 Å². The Morgan fingerprint density at radius 2 is 2.10 bits per heavy atom. The van der Waals surface area contributed by atoms with Gasteiger partial charge in [0.2, 0.25) is 0 Å². The van der Waals surface area contributed by atoms with Crippen LogP contribution in [0.2, 0.25) is 0 Å². The van der Waals surface area contributed by atoms with E-state index < -0.39 is 0 Å². The van der Waals surface area contributed by atoms with Gasteiger partial charge < -0.3 is 14.6 Å².